The van der Waals surface area contributed by atoms with E-state index < -0.39 is 0 Å². The van der Waals surface area contributed by atoms with E-state index in [0.29, 0.717) is 0 Å². The standard InChI is InChI=1S/C19H32B2O4S/c1-16(2)17(3,4)23-20(22-16)15(10-9-14-11-12-26-13-14)21-24-18(5,6)19(7,8)25-21/h11-13,15H,9-10H2,1-8H3. The highest BCUT2D eigenvalue weighted by atomic mass is 32.1. The topological polar surface area (TPSA) is 36.9 Å². The summed E-state index contributed by atoms with van der Waals surface area (Å²) in [6, 6.07) is 2.18. The molecule has 144 valence electrons. The molecule has 0 N–H and O–H groups in total. The van der Waals surface area contributed by atoms with E-state index in [1.54, 1.807) is 11.3 Å². The van der Waals surface area contributed by atoms with E-state index in [9.17, 15) is 0 Å². The lowest BCUT2D eigenvalue weighted by Gasteiger charge is -2.32. The number of rotatable bonds is 5. The van der Waals surface area contributed by atoms with Crippen molar-refractivity contribution in [1.82, 2.24) is 0 Å². The molecule has 3 heterocycles. The zero-order chi connectivity index (χ0) is 19.4. The monoisotopic (exact) mass is 378 g/mol. The van der Waals surface area contributed by atoms with Gasteiger partial charge in [-0.1, -0.05) is 0 Å². The summed E-state index contributed by atoms with van der Waals surface area (Å²) in [5.74, 6) is 0. The summed E-state index contributed by atoms with van der Waals surface area (Å²) in [4.78, 5) is 0. The smallest absolute Gasteiger partial charge is 0.403 e. The van der Waals surface area contributed by atoms with Gasteiger partial charge in [0.15, 0.2) is 0 Å². The van der Waals surface area contributed by atoms with E-state index in [-0.39, 0.29) is 42.4 Å². The molecular formula is C19H32B2O4S. The molecule has 4 nitrogen and oxygen atoms in total. The van der Waals surface area contributed by atoms with Crippen LogP contribution in [-0.4, -0.2) is 36.6 Å². The Morgan fingerprint density at radius 2 is 1.23 bits per heavy atom. The molecular weight excluding hydrogens is 346 g/mol. The maximum atomic E-state index is 6.37. The predicted molar refractivity (Wildman–Crippen MR) is 109 cm³/mol. The van der Waals surface area contributed by atoms with E-state index in [4.69, 9.17) is 18.6 Å². The maximum Gasteiger partial charge on any atom is 0.458 e. The van der Waals surface area contributed by atoms with Crippen LogP contribution in [0.15, 0.2) is 16.8 Å². The van der Waals surface area contributed by atoms with Crippen molar-refractivity contribution in [1.29, 1.82) is 0 Å². The molecule has 0 saturated carbocycles. The summed E-state index contributed by atoms with van der Waals surface area (Å²) < 4.78 is 25.5. The Morgan fingerprint density at radius 1 is 0.808 bits per heavy atom. The van der Waals surface area contributed by atoms with E-state index in [2.05, 4.69) is 72.2 Å². The van der Waals surface area contributed by atoms with Crippen LogP contribution >= 0.6 is 11.3 Å². The van der Waals surface area contributed by atoms with Crippen molar-refractivity contribution in [3.05, 3.63) is 22.4 Å². The second kappa shape index (κ2) is 6.63. The first-order valence-electron chi connectivity index (χ1n) is 9.57. The largest absolute Gasteiger partial charge is 0.458 e. The molecule has 26 heavy (non-hydrogen) atoms. The molecule has 2 fully saturated rings. The number of aryl methyl sites for hydroxylation is 1. The fourth-order valence-electron chi connectivity index (χ4n) is 3.30. The van der Waals surface area contributed by atoms with Crippen molar-refractivity contribution in [2.24, 2.45) is 0 Å². The third-order valence-corrected chi connectivity index (χ3v) is 7.32. The number of thiophene rings is 1. The van der Waals surface area contributed by atoms with Gasteiger partial charge >= 0.3 is 14.2 Å². The fourth-order valence-corrected chi connectivity index (χ4v) is 4.00. The predicted octanol–water partition coefficient (Wildman–Crippen LogP) is 4.77. The molecule has 2 aliphatic rings. The van der Waals surface area contributed by atoms with Crippen LogP contribution in [-0.2, 0) is 25.0 Å². The summed E-state index contributed by atoms with van der Waals surface area (Å²) in [5, 5.41) is 4.32. The first kappa shape index (κ1) is 20.4. The molecule has 0 amide bonds. The Morgan fingerprint density at radius 3 is 1.58 bits per heavy atom. The van der Waals surface area contributed by atoms with Crippen molar-refractivity contribution >= 4 is 25.6 Å². The lowest BCUT2D eigenvalue weighted by atomic mass is 9.50. The quantitative estimate of drug-likeness (QED) is 0.692. The minimum atomic E-state index is -0.359. The molecule has 0 bridgehead atoms. The Bertz CT molecular complexity index is 559. The van der Waals surface area contributed by atoms with Crippen LogP contribution in [0, 0.1) is 0 Å². The second-order valence-electron chi connectivity index (χ2n) is 9.58. The average molecular weight is 378 g/mol. The van der Waals surface area contributed by atoms with Gasteiger partial charge in [0.05, 0.1) is 22.4 Å². The van der Waals surface area contributed by atoms with Crippen LogP contribution in [0.3, 0.4) is 0 Å². The Balaban J connectivity index is 1.81. The summed E-state index contributed by atoms with van der Waals surface area (Å²) in [5.41, 5.74) is -0.0849. The van der Waals surface area contributed by atoms with Gasteiger partial charge in [0.1, 0.15) is 0 Å². The lowest BCUT2D eigenvalue weighted by Crippen LogP contribution is -2.41. The summed E-state index contributed by atoms with van der Waals surface area (Å²) in [6.07, 6.45) is 1.85. The molecule has 0 atom stereocenters. The maximum absolute atomic E-state index is 6.37. The van der Waals surface area contributed by atoms with Crippen molar-refractivity contribution in [2.75, 3.05) is 0 Å². The molecule has 7 heteroatoms. The Labute approximate surface area is 163 Å². The van der Waals surface area contributed by atoms with Crippen molar-refractivity contribution in [2.45, 2.75) is 96.4 Å². The molecule has 3 rings (SSSR count). The first-order valence-corrected chi connectivity index (χ1v) is 10.5. The lowest BCUT2D eigenvalue weighted by molar-refractivity contribution is 0.00578. The molecule has 2 saturated heterocycles. The highest BCUT2D eigenvalue weighted by molar-refractivity contribution is 7.07. The minimum absolute atomic E-state index is 0.0111. The van der Waals surface area contributed by atoms with Gasteiger partial charge in [-0.25, -0.2) is 0 Å². The molecule has 0 unspecified atom stereocenters. The first-order chi connectivity index (χ1) is 11.8. The van der Waals surface area contributed by atoms with Gasteiger partial charge in [-0.15, -0.1) is 0 Å². The second-order valence-corrected chi connectivity index (χ2v) is 10.4. The van der Waals surface area contributed by atoms with Crippen LogP contribution in [0.1, 0.15) is 67.4 Å². The molecule has 1 aromatic heterocycles. The van der Waals surface area contributed by atoms with E-state index in [1.807, 2.05) is 0 Å². The third-order valence-electron chi connectivity index (χ3n) is 6.59. The molecule has 2 aliphatic heterocycles. The fraction of sp³-hybridized carbons (Fsp3) is 0.789. The minimum Gasteiger partial charge on any atom is -0.403 e. The summed E-state index contributed by atoms with van der Waals surface area (Å²) in [6.45, 7) is 16.7. The van der Waals surface area contributed by atoms with Gasteiger partial charge in [-0.05, 0) is 90.6 Å². The summed E-state index contributed by atoms with van der Waals surface area (Å²) >= 11 is 1.73. The van der Waals surface area contributed by atoms with Crippen molar-refractivity contribution in [3.8, 4) is 0 Å². The van der Waals surface area contributed by atoms with E-state index in [0.717, 1.165) is 12.8 Å². The molecule has 1 aromatic rings. The van der Waals surface area contributed by atoms with Crippen LogP contribution in [0.5, 0.6) is 0 Å². The highest BCUT2D eigenvalue weighted by Gasteiger charge is 2.61. The van der Waals surface area contributed by atoms with Crippen LogP contribution in [0.4, 0.5) is 0 Å². The van der Waals surface area contributed by atoms with Crippen molar-refractivity contribution < 1.29 is 18.6 Å². The molecule has 0 aliphatic carbocycles. The molecule has 0 aromatic carbocycles. The van der Waals surface area contributed by atoms with Gasteiger partial charge in [-0.3, -0.25) is 0 Å². The van der Waals surface area contributed by atoms with E-state index >= 15 is 0 Å². The zero-order valence-electron chi connectivity index (χ0n) is 17.4. The van der Waals surface area contributed by atoms with Crippen molar-refractivity contribution in [3.63, 3.8) is 0 Å². The van der Waals surface area contributed by atoms with Gasteiger partial charge in [0.2, 0.25) is 0 Å². The highest BCUT2D eigenvalue weighted by Crippen LogP contribution is 2.46. The SMILES string of the molecule is CC1(C)OB(C(CCc2ccsc2)B2OC(C)(C)C(C)(C)O2)OC1(C)C. The van der Waals surface area contributed by atoms with Gasteiger partial charge in [-0.2, -0.15) is 11.3 Å². The Kier molecular flexibility index (Phi) is 5.20. The third kappa shape index (κ3) is 3.66. The molecule has 0 radical (unpaired) electrons. The molecule has 0 spiro atoms. The number of hydrogen-bond acceptors (Lipinski definition) is 5. The van der Waals surface area contributed by atoms with Gasteiger partial charge in [0, 0.05) is 5.72 Å². The van der Waals surface area contributed by atoms with Gasteiger partial charge in [0.25, 0.3) is 0 Å². The van der Waals surface area contributed by atoms with Crippen LogP contribution < -0.4 is 0 Å². The average Bonchev–Trinajstić information content (AvgIpc) is 3.09. The summed E-state index contributed by atoms with van der Waals surface area (Å²) in [7, 11) is -0.679. The normalized spacial score (nSPS) is 26.0. The van der Waals surface area contributed by atoms with Crippen LogP contribution in [0.2, 0.25) is 5.72 Å². The van der Waals surface area contributed by atoms with E-state index in [1.165, 1.54) is 5.56 Å². The number of hydrogen-bond donors (Lipinski definition) is 0. The van der Waals surface area contributed by atoms with Crippen LogP contribution in [0.25, 0.3) is 0 Å². The Hall–Kier alpha value is -0.330. The zero-order valence-corrected chi connectivity index (χ0v) is 18.2. The van der Waals surface area contributed by atoms with Gasteiger partial charge < -0.3 is 18.6 Å².